The maximum atomic E-state index is 13.5. The summed E-state index contributed by atoms with van der Waals surface area (Å²) in [6.45, 7) is 6.45. The summed E-state index contributed by atoms with van der Waals surface area (Å²) in [5, 5.41) is 3.27. The van der Waals surface area contributed by atoms with Gasteiger partial charge in [-0.3, -0.25) is 4.79 Å². The number of hydrogen-bond acceptors (Lipinski definition) is 6. The van der Waals surface area contributed by atoms with Crippen LogP contribution in [0.2, 0.25) is 0 Å². The van der Waals surface area contributed by atoms with E-state index in [2.05, 4.69) is 5.32 Å². The van der Waals surface area contributed by atoms with E-state index in [1.807, 2.05) is 13.8 Å². The molecule has 10 heteroatoms. The molecule has 0 aromatic heterocycles. The average molecular weight is 525 g/mol. The van der Waals surface area contributed by atoms with Crippen molar-refractivity contribution in [3.8, 4) is 17.2 Å². The number of nitrogens with one attached hydrogen (secondary N) is 1. The predicted molar refractivity (Wildman–Crippen MR) is 133 cm³/mol. The van der Waals surface area contributed by atoms with Gasteiger partial charge in [0.05, 0.1) is 19.3 Å². The molecule has 1 aliphatic rings. The molecule has 1 heterocycles. The van der Waals surface area contributed by atoms with E-state index in [1.54, 1.807) is 37.3 Å². The van der Waals surface area contributed by atoms with E-state index >= 15 is 0 Å². The van der Waals surface area contributed by atoms with Gasteiger partial charge in [0.1, 0.15) is 11.9 Å². The van der Waals surface area contributed by atoms with Crippen LogP contribution in [0.4, 0.5) is 13.2 Å². The zero-order chi connectivity index (χ0) is 27.0. The number of carbonyl (C=O) groups is 1. The van der Waals surface area contributed by atoms with Crippen molar-refractivity contribution in [2.75, 3.05) is 47.1 Å². The Labute approximate surface area is 215 Å². The molecule has 2 aromatic rings. The van der Waals surface area contributed by atoms with Gasteiger partial charge in [0.2, 0.25) is 0 Å². The summed E-state index contributed by atoms with van der Waals surface area (Å²) in [4.78, 5) is 15.3. The number of methoxy groups -OCH3 is 2. The molecular weight excluding hydrogens is 489 g/mol. The number of rotatable bonds is 12. The Balaban J connectivity index is 1.70. The van der Waals surface area contributed by atoms with Crippen LogP contribution in [-0.4, -0.2) is 70.0 Å². The van der Waals surface area contributed by atoms with E-state index in [1.165, 1.54) is 12.1 Å². The molecule has 7 nitrogen and oxygen atoms in total. The number of carbonyl (C=O) groups excluding carboxylic acids is 1. The number of nitrogens with zero attached hydrogens (tertiary/aromatic N) is 1. The van der Waals surface area contributed by atoms with Gasteiger partial charge in [-0.2, -0.15) is 13.2 Å². The second-order valence-electron chi connectivity index (χ2n) is 9.21. The van der Waals surface area contributed by atoms with E-state index in [0.717, 1.165) is 12.1 Å². The van der Waals surface area contributed by atoms with Crippen LogP contribution in [0.3, 0.4) is 0 Å². The first-order chi connectivity index (χ1) is 17.6. The Bertz CT molecular complexity index is 1010. The molecule has 1 amide bonds. The minimum atomic E-state index is -4.40. The van der Waals surface area contributed by atoms with Gasteiger partial charge in [0.15, 0.2) is 11.5 Å². The van der Waals surface area contributed by atoms with E-state index in [0.29, 0.717) is 62.1 Å². The summed E-state index contributed by atoms with van der Waals surface area (Å²) in [6, 6.07) is 9.70. The summed E-state index contributed by atoms with van der Waals surface area (Å²) in [5.41, 5.74) is -0.249. The molecule has 1 N–H and O–H groups in total. The molecule has 2 atom stereocenters. The lowest BCUT2D eigenvalue weighted by atomic mass is 10.0. The quantitative estimate of drug-likeness (QED) is 0.408. The second kappa shape index (κ2) is 13.0. The highest BCUT2D eigenvalue weighted by Gasteiger charge is 2.34. The van der Waals surface area contributed by atoms with Crippen molar-refractivity contribution in [3.63, 3.8) is 0 Å². The predicted octanol–water partition coefficient (Wildman–Crippen LogP) is 4.65. The largest absolute Gasteiger partial charge is 0.493 e. The number of ether oxygens (including phenoxy) is 4. The van der Waals surface area contributed by atoms with Gasteiger partial charge < -0.3 is 29.2 Å². The molecule has 1 saturated heterocycles. The standard InChI is InChI=1S/C27H35F3N2O5/c1-18(2)32(26(33)19-6-11-23(35-4)24(14-19)36-13-5-12-34-3)17-20-15-31-16-25(20)37-22-9-7-21(8-10-22)27(28,29)30/h6-11,14,18,20,25,31H,5,12-13,15-17H2,1-4H3/t20-,25?/m0/s1. The minimum absolute atomic E-state index is 0.0448. The van der Waals surface area contributed by atoms with E-state index in [-0.39, 0.29) is 24.0 Å². The highest BCUT2D eigenvalue weighted by atomic mass is 19.4. The Morgan fingerprint density at radius 2 is 1.78 bits per heavy atom. The first kappa shape index (κ1) is 28.6. The molecule has 3 rings (SSSR count). The summed E-state index contributed by atoms with van der Waals surface area (Å²) >= 11 is 0. The number of amides is 1. The van der Waals surface area contributed by atoms with Gasteiger partial charge in [-0.25, -0.2) is 0 Å². The Morgan fingerprint density at radius 3 is 2.41 bits per heavy atom. The van der Waals surface area contributed by atoms with Crippen LogP contribution in [0.5, 0.6) is 17.2 Å². The summed E-state index contributed by atoms with van der Waals surface area (Å²) in [6.07, 6.45) is -3.99. The SMILES string of the molecule is COCCCOc1cc(C(=O)N(C[C@@H]2CNCC2Oc2ccc(C(F)(F)F)cc2)C(C)C)ccc1OC. The zero-order valence-corrected chi connectivity index (χ0v) is 21.6. The fourth-order valence-corrected chi connectivity index (χ4v) is 4.18. The fourth-order valence-electron chi connectivity index (χ4n) is 4.18. The van der Waals surface area contributed by atoms with Crippen LogP contribution in [0.15, 0.2) is 42.5 Å². The Morgan fingerprint density at radius 1 is 1.05 bits per heavy atom. The lowest BCUT2D eigenvalue weighted by Gasteiger charge is -2.31. The zero-order valence-electron chi connectivity index (χ0n) is 21.6. The maximum absolute atomic E-state index is 13.5. The number of halogens is 3. The molecule has 1 fully saturated rings. The van der Waals surface area contributed by atoms with Gasteiger partial charge in [-0.1, -0.05) is 0 Å². The first-order valence-electron chi connectivity index (χ1n) is 12.3. The second-order valence-corrected chi connectivity index (χ2v) is 9.21. The third-order valence-electron chi connectivity index (χ3n) is 6.22. The molecule has 204 valence electrons. The van der Waals surface area contributed by atoms with Crippen molar-refractivity contribution >= 4 is 5.91 Å². The third kappa shape index (κ3) is 7.75. The minimum Gasteiger partial charge on any atom is -0.493 e. The number of alkyl halides is 3. The molecule has 1 aliphatic heterocycles. The van der Waals surface area contributed by atoms with Crippen LogP contribution in [0, 0.1) is 5.92 Å². The normalized spacial score (nSPS) is 17.6. The topological polar surface area (TPSA) is 69.3 Å². The molecule has 0 saturated carbocycles. The highest BCUT2D eigenvalue weighted by molar-refractivity contribution is 5.95. The van der Waals surface area contributed by atoms with Crippen LogP contribution < -0.4 is 19.5 Å². The van der Waals surface area contributed by atoms with E-state index < -0.39 is 11.7 Å². The van der Waals surface area contributed by atoms with Crippen molar-refractivity contribution in [3.05, 3.63) is 53.6 Å². The smallest absolute Gasteiger partial charge is 0.416 e. The summed E-state index contributed by atoms with van der Waals surface area (Å²) in [5.74, 6) is 1.19. The monoisotopic (exact) mass is 524 g/mol. The Kier molecular flexibility index (Phi) is 10.0. The lowest BCUT2D eigenvalue weighted by molar-refractivity contribution is -0.137. The van der Waals surface area contributed by atoms with Crippen molar-refractivity contribution in [1.29, 1.82) is 0 Å². The van der Waals surface area contributed by atoms with Gasteiger partial charge in [0.25, 0.3) is 5.91 Å². The van der Waals surface area contributed by atoms with Crippen LogP contribution >= 0.6 is 0 Å². The number of benzene rings is 2. The maximum Gasteiger partial charge on any atom is 0.416 e. The van der Waals surface area contributed by atoms with Crippen molar-refractivity contribution in [2.24, 2.45) is 5.92 Å². The van der Waals surface area contributed by atoms with Gasteiger partial charge in [-0.15, -0.1) is 0 Å². The average Bonchev–Trinajstić information content (AvgIpc) is 3.30. The van der Waals surface area contributed by atoms with Gasteiger partial charge >= 0.3 is 6.18 Å². The molecule has 0 bridgehead atoms. The third-order valence-corrected chi connectivity index (χ3v) is 6.22. The molecule has 2 aromatic carbocycles. The lowest BCUT2D eigenvalue weighted by Crippen LogP contribution is -2.44. The van der Waals surface area contributed by atoms with Crippen LogP contribution in [-0.2, 0) is 10.9 Å². The van der Waals surface area contributed by atoms with Crippen molar-refractivity contribution in [1.82, 2.24) is 10.2 Å². The summed E-state index contributed by atoms with van der Waals surface area (Å²) in [7, 11) is 3.17. The summed E-state index contributed by atoms with van der Waals surface area (Å²) < 4.78 is 60.9. The Hall–Kier alpha value is -2.98. The number of hydrogen-bond donors (Lipinski definition) is 1. The van der Waals surface area contributed by atoms with E-state index in [4.69, 9.17) is 18.9 Å². The van der Waals surface area contributed by atoms with Crippen molar-refractivity contribution in [2.45, 2.75) is 38.6 Å². The molecule has 0 aliphatic carbocycles. The van der Waals surface area contributed by atoms with E-state index in [9.17, 15) is 18.0 Å². The highest BCUT2D eigenvalue weighted by Crippen LogP contribution is 2.32. The molecule has 0 spiro atoms. The van der Waals surface area contributed by atoms with Crippen LogP contribution in [0.25, 0.3) is 0 Å². The van der Waals surface area contributed by atoms with Crippen molar-refractivity contribution < 1.29 is 36.9 Å². The first-order valence-corrected chi connectivity index (χ1v) is 12.3. The van der Waals surface area contributed by atoms with Crippen LogP contribution in [0.1, 0.15) is 36.2 Å². The molecule has 0 radical (unpaired) electrons. The molecular formula is C27H35F3N2O5. The fraction of sp³-hybridized carbons (Fsp3) is 0.519. The van der Waals surface area contributed by atoms with Gasteiger partial charge in [0, 0.05) is 57.3 Å². The van der Waals surface area contributed by atoms with Gasteiger partial charge in [-0.05, 0) is 56.3 Å². The molecule has 1 unspecified atom stereocenters. The molecule has 37 heavy (non-hydrogen) atoms.